The molecule has 0 aliphatic heterocycles. The number of benzene rings is 1. The number of allylic oxidation sites excluding steroid dienone is 2. The summed E-state index contributed by atoms with van der Waals surface area (Å²) in [5, 5.41) is 2.90. The number of unbranched alkanes of at least 4 members (excludes halogenated alkanes) is 11. The minimum Gasteiger partial charge on any atom is -0.490 e. The number of carbonyl (C=O) groups excluding carboxylic acids is 1. The van der Waals surface area contributed by atoms with E-state index in [9.17, 15) is 19.5 Å². The first-order valence-corrected chi connectivity index (χ1v) is 15.9. The quantitative estimate of drug-likeness (QED) is 0.0626. The number of nitrogens with one attached hydrogen (secondary N) is 1. The van der Waals surface area contributed by atoms with Crippen molar-refractivity contribution in [1.29, 1.82) is 0 Å². The molecule has 38 heavy (non-hydrogen) atoms. The molecular formula is C30H51NO6P+. The Morgan fingerprint density at radius 2 is 1.50 bits per heavy atom. The Labute approximate surface area is 231 Å². The topological polar surface area (TPSA) is 108 Å². The van der Waals surface area contributed by atoms with Crippen molar-refractivity contribution < 1.29 is 28.7 Å². The van der Waals surface area contributed by atoms with Gasteiger partial charge < -0.3 is 10.1 Å². The van der Waals surface area contributed by atoms with Gasteiger partial charge in [-0.1, -0.05) is 95.2 Å². The van der Waals surface area contributed by atoms with Crippen molar-refractivity contribution in [3.05, 3.63) is 54.6 Å². The molecule has 1 rings (SSSR count). The van der Waals surface area contributed by atoms with E-state index < -0.39 is 14.2 Å². The molecule has 1 aromatic rings. The van der Waals surface area contributed by atoms with Gasteiger partial charge in [0.2, 0.25) is 5.91 Å². The van der Waals surface area contributed by atoms with Crippen LogP contribution in [0.5, 0.6) is 5.75 Å². The zero-order valence-electron chi connectivity index (χ0n) is 23.4. The monoisotopic (exact) mass is 552 g/mol. The second-order valence-electron chi connectivity index (χ2n) is 9.86. The van der Waals surface area contributed by atoms with Crippen LogP contribution in [0.1, 0.15) is 102 Å². The Morgan fingerprint density at radius 1 is 0.921 bits per heavy atom. The molecule has 1 aromatic carbocycles. The summed E-state index contributed by atoms with van der Waals surface area (Å²) in [7, 11) is -4.38. The van der Waals surface area contributed by atoms with Crippen LogP contribution in [0.15, 0.2) is 49.1 Å². The second kappa shape index (κ2) is 22.1. The second-order valence-corrected chi connectivity index (χ2v) is 11.1. The molecule has 0 fully saturated rings. The molecule has 0 saturated carbocycles. The molecule has 8 heteroatoms. The zero-order valence-corrected chi connectivity index (χ0v) is 24.3. The summed E-state index contributed by atoms with van der Waals surface area (Å²) in [6.07, 6.45) is 22.8. The van der Waals surface area contributed by atoms with Crippen molar-refractivity contribution in [2.75, 3.05) is 13.2 Å². The van der Waals surface area contributed by atoms with Crippen LogP contribution < -0.4 is 10.1 Å². The lowest BCUT2D eigenvalue weighted by atomic mass is 10.1. The number of ether oxygens (including phenoxy) is 1. The van der Waals surface area contributed by atoms with E-state index in [0.717, 1.165) is 31.2 Å². The molecule has 0 saturated heterocycles. The minimum atomic E-state index is -4.38. The van der Waals surface area contributed by atoms with Gasteiger partial charge in [0.1, 0.15) is 19.0 Å². The van der Waals surface area contributed by atoms with Crippen LogP contribution >= 0.6 is 8.17 Å². The van der Waals surface area contributed by atoms with E-state index in [1.165, 1.54) is 57.8 Å². The normalized spacial score (nSPS) is 12.5. The molecule has 0 unspecified atom stereocenters. The maximum atomic E-state index is 12.5. The van der Waals surface area contributed by atoms with Crippen LogP contribution in [0, 0.1) is 0 Å². The molecule has 216 valence electrons. The molecular weight excluding hydrogens is 501 g/mol. The van der Waals surface area contributed by atoms with Crippen molar-refractivity contribution >= 4 is 14.1 Å². The first-order chi connectivity index (χ1) is 18.3. The van der Waals surface area contributed by atoms with Gasteiger partial charge in [-0.05, 0) is 56.2 Å². The highest BCUT2D eigenvalue weighted by Crippen LogP contribution is 2.45. The number of rotatable bonds is 24. The first-order valence-electron chi connectivity index (χ1n) is 14.3. The smallest absolute Gasteiger partial charge is 0.490 e. The van der Waals surface area contributed by atoms with E-state index in [-0.39, 0.29) is 12.5 Å². The predicted molar refractivity (Wildman–Crippen MR) is 157 cm³/mol. The Bertz CT molecular complexity index is 763. The molecule has 0 aromatic heterocycles. The Kier molecular flexibility index (Phi) is 19.9. The summed E-state index contributed by atoms with van der Waals surface area (Å²) >= 11 is 0. The van der Waals surface area contributed by atoms with Crippen LogP contribution in [-0.4, -0.2) is 39.8 Å². The van der Waals surface area contributed by atoms with Gasteiger partial charge in [-0.2, -0.15) is 19.2 Å². The van der Waals surface area contributed by atoms with Gasteiger partial charge in [-0.3, -0.25) is 4.79 Å². The third-order valence-corrected chi connectivity index (χ3v) is 6.75. The third kappa shape index (κ3) is 20.2. The third-order valence-electron chi connectivity index (χ3n) is 6.25. The van der Waals surface area contributed by atoms with Gasteiger partial charge in [-0.25, -0.2) is 0 Å². The number of amides is 1. The molecule has 1 atom stereocenters. The van der Waals surface area contributed by atoms with Crippen LogP contribution in [0.2, 0.25) is 0 Å². The first kappa shape index (κ1) is 34.3. The molecule has 0 spiro atoms. The number of hydrogen-bond donors (Lipinski definition) is 4. The Hall–Kier alpha value is -1.76. The van der Waals surface area contributed by atoms with Gasteiger partial charge in [0.25, 0.3) is 0 Å². The maximum Gasteiger partial charge on any atom is 0.567 e. The molecule has 0 radical (unpaired) electrons. The maximum absolute atomic E-state index is 12.5. The number of carbonyl (C=O) groups is 1. The fourth-order valence-electron chi connectivity index (χ4n) is 4.16. The van der Waals surface area contributed by atoms with Gasteiger partial charge in [0, 0.05) is 6.42 Å². The summed E-state index contributed by atoms with van der Waals surface area (Å²) in [6.45, 7) is 6.08. The highest BCUT2D eigenvalue weighted by molar-refractivity contribution is 7.53. The molecule has 7 nitrogen and oxygen atoms in total. The summed E-state index contributed by atoms with van der Waals surface area (Å²) < 4.78 is 10.3. The minimum absolute atomic E-state index is 0.111. The summed E-state index contributed by atoms with van der Waals surface area (Å²) in [6, 6.07) is 6.90. The average Bonchev–Trinajstić information content (AvgIpc) is 2.88. The van der Waals surface area contributed by atoms with Crippen molar-refractivity contribution in [3.8, 4) is 5.75 Å². The molecule has 0 heterocycles. The fourth-order valence-corrected chi connectivity index (χ4v) is 4.54. The van der Waals surface area contributed by atoms with E-state index in [0.29, 0.717) is 25.2 Å². The van der Waals surface area contributed by atoms with Gasteiger partial charge >= 0.3 is 8.17 Å². The highest BCUT2D eigenvalue weighted by atomic mass is 31.2. The Balaban J connectivity index is 2.24. The van der Waals surface area contributed by atoms with E-state index in [1.807, 2.05) is 24.3 Å². The zero-order chi connectivity index (χ0) is 27.9. The molecule has 4 N–H and O–H groups in total. The molecule has 0 aliphatic rings. The van der Waals surface area contributed by atoms with Gasteiger partial charge in [-0.15, -0.1) is 0 Å². The average molecular weight is 553 g/mol. The summed E-state index contributed by atoms with van der Waals surface area (Å²) in [4.78, 5) is 40.1. The van der Waals surface area contributed by atoms with Crippen LogP contribution in [0.3, 0.4) is 0 Å². The van der Waals surface area contributed by atoms with E-state index >= 15 is 0 Å². The van der Waals surface area contributed by atoms with E-state index in [2.05, 4.69) is 31.0 Å². The summed E-state index contributed by atoms with van der Waals surface area (Å²) in [5.74, 6) is 0.598. The lowest BCUT2D eigenvalue weighted by molar-refractivity contribution is -0.122. The van der Waals surface area contributed by atoms with Crippen LogP contribution in [0.25, 0.3) is 0 Å². The Morgan fingerprint density at radius 3 is 2.08 bits per heavy atom. The van der Waals surface area contributed by atoms with Crippen molar-refractivity contribution in [1.82, 2.24) is 5.32 Å². The summed E-state index contributed by atoms with van der Waals surface area (Å²) in [5.41, 5.74) is 0.920. The molecule has 0 aliphatic carbocycles. The largest absolute Gasteiger partial charge is 0.567 e. The van der Waals surface area contributed by atoms with Crippen molar-refractivity contribution in [2.24, 2.45) is 0 Å². The lowest BCUT2D eigenvalue weighted by Gasteiger charge is -2.18. The molecule has 1 amide bonds. The highest BCUT2D eigenvalue weighted by Gasteiger charge is 2.34. The van der Waals surface area contributed by atoms with Crippen LogP contribution in [0.4, 0.5) is 0 Å². The molecule has 0 bridgehead atoms. The van der Waals surface area contributed by atoms with E-state index in [1.54, 1.807) is 6.08 Å². The van der Waals surface area contributed by atoms with E-state index in [4.69, 9.17) is 9.26 Å². The fraction of sp³-hybridized carbons (Fsp3) is 0.633. The standard InChI is InChI=1S/C30H50NO6P/c1-3-5-6-7-8-9-10-11-12-13-14-15-16-17-18-19-30(32)31-28(26-37-38(33,34)35)25-27-20-22-29(23-21-27)36-24-4-2/h4,11-12,20-23,28,33-35H,2-3,5-10,13-19,24-26H2,1H3/p+1/b12-11-/t28-/m0/s1. The predicted octanol–water partition coefficient (Wildman–Crippen LogP) is 6.99. The number of hydrogen-bond acceptors (Lipinski definition) is 6. The lowest BCUT2D eigenvalue weighted by Crippen LogP contribution is -2.39. The van der Waals surface area contributed by atoms with Gasteiger partial charge in [0.05, 0.1) is 6.04 Å². The van der Waals surface area contributed by atoms with Gasteiger partial charge in [0.15, 0.2) is 0 Å². The van der Waals surface area contributed by atoms with Crippen molar-refractivity contribution in [3.63, 3.8) is 0 Å². The van der Waals surface area contributed by atoms with Crippen LogP contribution in [-0.2, 0) is 15.7 Å². The SMILES string of the molecule is C=CCOc1ccc(C[C@@H](CO[P+](O)(O)O)NC(=O)CCCCCCC/C=C\CCCCCCCC)cc1. The van der Waals surface area contributed by atoms with Crippen molar-refractivity contribution in [2.45, 2.75) is 109 Å².